The van der Waals surface area contributed by atoms with Gasteiger partial charge in [0.25, 0.3) is 5.91 Å². The van der Waals surface area contributed by atoms with Crippen LogP contribution in [-0.2, 0) is 13.1 Å². The van der Waals surface area contributed by atoms with Crippen molar-refractivity contribution >= 4 is 17.5 Å². The zero-order chi connectivity index (χ0) is 14.7. The molecule has 2 aromatic rings. The van der Waals surface area contributed by atoms with Gasteiger partial charge in [-0.3, -0.25) is 9.48 Å². The van der Waals surface area contributed by atoms with Gasteiger partial charge < -0.3 is 5.32 Å². The van der Waals surface area contributed by atoms with Crippen LogP contribution in [0, 0.1) is 13.8 Å². The van der Waals surface area contributed by atoms with E-state index in [9.17, 15) is 4.79 Å². The standard InChI is InChI=1S/C15H18ClN3O/c1-4-19-14(13(16)11(3)18-19)15(20)17-9-12-8-6-5-7-10(12)2/h5-8H,4,9H2,1-3H3,(H,17,20). The number of benzene rings is 1. The van der Waals surface area contributed by atoms with Gasteiger partial charge >= 0.3 is 0 Å². The lowest BCUT2D eigenvalue weighted by Crippen LogP contribution is -2.26. The van der Waals surface area contributed by atoms with Crippen molar-refractivity contribution in [1.29, 1.82) is 0 Å². The van der Waals surface area contributed by atoms with Crippen LogP contribution in [0.2, 0.25) is 5.02 Å². The average molecular weight is 292 g/mol. The first-order chi connectivity index (χ1) is 9.54. The van der Waals surface area contributed by atoms with Crippen molar-refractivity contribution < 1.29 is 4.79 Å². The molecule has 106 valence electrons. The highest BCUT2D eigenvalue weighted by molar-refractivity contribution is 6.34. The summed E-state index contributed by atoms with van der Waals surface area (Å²) in [6.07, 6.45) is 0. The van der Waals surface area contributed by atoms with Gasteiger partial charge in [-0.05, 0) is 31.9 Å². The molecule has 0 aliphatic heterocycles. The molecular weight excluding hydrogens is 274 g/mol. The van der Waals surface area contributed by atoms with E-state index in [1.807, 2.05) is 38.1 Å². The van der Waals surface area contributed by atoms with Gasteiger partial charge in [0, 0.05) is 13.1 Å². The zero-order valence-electron chi connectivity index (χ0n) is 11.9. The summed E-state index contributed by atoms with van der Waals surface area (Å²) in [4.78, 5) is 12.3. The van der Waals surface area contributed by atoms with Crippen molar-refractivity contribution in [3.63, 3.8) is 0 Å². The molecule has 1 aromatic heterocycles. The highest BCUT2D eigenvalue weighted by Crippen LogP contribution is 2.20. The number of carbonyl (C=O) groups excluding carboxylic acids is 1. The molecule has 2 rings (SSSR count). The summed E-state index contributed by atoms with van der Waals surface area (Å²) >= 11 is 6.16. The second-order valence-electron chi connectivity index (χ2n) is 4.67. The average Bonchev–Trinajstić information content (AvgIpc) is 2.73. The Morgan fingerprint density at radius 1 is 1.35 bits per heavy atom. The van der Waals surface area contributed by atoms with Crippen molar-refractivity contribution in [1.82, 2.24) is 15.1 Å². The smallest absolute Gasteiger partial charge is 0.271 e. The fourth-order valence-corrected chi connectivity index (χ4v) is 2.29. The molecule has 1 N–H and O–H groups in total. The van der Waals surface area contributed by atoms with Crippen LogP contribution in [0.4, 0.5) is 0 Å². The minimum absolute atomic E-state index is 0.194. The maximum atomic E-state index is 12.3. The number of hydrogen-bond acceptors (Lipinski definition) is 2. The van der Waals surface area contributed by atoms with E-state index in [-0.39, 0.29) is 5.91 Å². The van der Waals surface area contributed by atoms with Gasteiger partial charge in [0.05, 0.1) is 10.7 Å². The normalized spacial score (nSPS) is 10.6. The van der Waals surface area contributed by atoms with Gasteiger partial charge in [-0.1, -0.05) is 35.9 Å². The van der Waals surface area contributed by atoms with Crippen LogP contribution in [-0.4, -0.2) is 15.7 Å². The number of nitrogens with zero attached hydrogens (tertiary/aromatic N) is 2. The molecular formula is C15H18ClN3O. The Balaban J connectivity index is 2.15. The number of hydrogen-bond donors (Lipinski definition) is 1. The monoisotopic (exact) mass is 291 g/mol. The molecule has 5 heteroatoms. The predicted molar refractivity (Wildman–Crippen MR) is 80.0 cm³/mol. The molecule has 20 heavy (non-hydrogen) atoms. The number of aryl methyl sites for hydroxylation is 3. The van der Waals surface area contributed by atoms with E-state index in [1.165, 1.54) is 0 Å². The molecule has 1 heterocycles. The Kier molecular flexibility index (Phi) is 4.45. The molecule has 0 radical (unpaired) electrons. The third kappa shape index (κ3) is 2.85. The van der Waals surface area contributed by atoms with E-state index in [2.05, 4.69) is 10.4 Å². The summed E-state index contributed by atoms with van der Waals surface area (Å²) in [6, 6.07) is 7.96. The Bertz CT molecular complexity index is 634. The third-order valence-corrected chi connectivity index (χ3v) is 3.72. The third-order valence-electron chi connectivity index (χ3n) is 3.27. The van der Waals surface area contributed by atoms with Crippen LogP contribution in [0.25, 0.3) is 0 Å². The number of nitrogens with one attached hydrogen (secondary N) is 1. The van der Waals surface area contributed by atoms with E-state index in [1.54, 1.807) is 11.6 Å². The molecule has 1 amide bonds. The topological polar surface area (TPSA) is 46.9 Å². The highest BCUT2D eigenvalue weighted by atomic mass is 35.5. The summed E-state index contributed by atoms with van der Waals surface area (Å²) in [6.45, 7) is 6.85. The molecule has 0 fully saturated rings. The summed E-state index contributed by atoms with van der Waals surface area (Å²) in [5, 5.41) is 7.57. The number of amides is 1. The summed E-state index contributed by atoms with van der Waals surface area (Å²) in [5.41, 5.74) is 3.35. The molecule has 0 unspecified atom stereocenters. The van der Waals surface area contributed by atoms with Crippen molar-refractivity contribution in [2.75, 3.05) is 0 Å². The molecule has 4 nitrogen and oxygen atoms in total. The lowest BCUT2D eigenvalue weighted by Gasteiger charge is -2.09. The van der Waals surface area contributed by atoms with Crippen LogP contribution in [0.1, 0.15) is 34.2 Å². The van der Waals surface area contributed by atoms with Crippen molar-refractivity contribution in [3.05, 3.63) is 51.8 Å². The van der Waals surface area contributed by atoms with Gasteiger partial charge in [-0.15, -0.1) is 0 Å². The second-order valence-corrected chi connectivity index (χ2v) is 5.05. The molecule has 0 atom stereocenters. The fraction of sp³-hybridized carbons (Fsp3) is 0.333. The molecule has 0 aliphatic rings. The first-order valence-corrected chi connectivity index (χ1v) is 6.98. The quantitative estimate of drug-likeness (QED) is 0.941. The fourth-order valence-electron chi connectivity index (χ4n) is 2.07. The van der Waals surface area contributed by atoms with Gasteiger partial charge in [0.15, 0.2) is 0 Å². The molecule has 0 saturated heterocycles. The molecule has 0 spiro atoms. The summed E-state index contributed by atoms with van der Waals surface area (Å²) in [5.74, 6) is -0.194. The first kappa shape index (κ1) is 14.6. The maximum Gasteiger partial charge on any atom is 0.271 e. The number of halogens is 1. The van der Waals surface area contributed by atoms with Gasteiger partial charge in [0.1, 0.15) is 5.69 Å². The lowest BCUT2D eigenvalue weighted by atomic mass is 10.1. The van der Waals surface area contributed by atoms with E-state index in [4.69, 9.17) is 11.6 Å². The van der Waals surface area contributed by atoms with Crippen LogP contribution in [0.3, 0.4) is 0 Å². The largest absolute Gasteiger partial charge is 0.347 e. The van der Waals surface area contributed by atoms with Gasteiger partial charge in [-0.25, -0.2) is 0 Å². The Labute approximate surface area is 123 Å². The number of aromatic nitrogens is 2. The first-order valence-electron chi connectivity index (χ1n) is 6.60. The van der Waals surface area contributed by atoms with E-state index in [0.717, 1.165) is 11.1 Å². The second kappa shape index (κ2) is 6.09. The van der Waals surface area contributed by atoms with Crippen LogP contribution in [0.5, 0.6) is 0 Å². The van der Waals surface area contributed by atoms with E-state index >= 15 is 0 Å². The SMILES string of the molecule is CCn1nc(C)c(Cl)c1C(=O)NCc1ccccc1C. The van der Waals surface area contributed by atoms with Crippen molar-refractivity contribution in [2.45, 2.75) is 33.9 Å². The molecule has 1 aromatic carbocycles. The van der Waals surface area contributed by atoms with E-state index in [0.29, 0.717) is 29.5 Å². The van der Waals surface area contributed by atoms with Crippen LogP contribution in [0.15, 0.2) is 24.3 Å². The lowest BCUT2D eigenvalue weighted by molar-refractivity contribution is 0.0940. The van der Waals surface area contributed by atoms with Crippen LogP contribution < -0.4 is 5.32 Å². The minimum atomic E-state index is -0.194. The van der Waals surface area contributed by atoms with Gasteiger partial charge in [-0.2, -0.15) is 5.10 Å². The van der Waals surface area contributed by atoms with E-state index < -0.39 is 0 Å². The Morgan fingerprint density at radius 3 is 2.70 bits per heavy atom. The van der Waals surface area contributed by atoms with Crippen molar-refractivity contribution in [3.8, 4) is 0 Å². The van der Waals surface area contributed by atoms with Crippen molar-refractivity contribution in [2.24, 2.45) is 0 Å². The summed E-state index contributed by atoms with van der Waals surface area (Å²) < 4.78 is 1.63. The molecule has 0 saturated carbocycles. The molecule has 0 aliphatic carbocycles. The summed E-state index contributed by atoms with van der Waals surface area (Å²) in [7, 11) is 0. The maximum absolute atomic E-state index is 12.3. The Morgan fingerprint density at radius 2 is 2.05 bits per heavy atom. The number of carbonyl (C=O) groups is 1. The van der Waals surface area contributed by atoms with Gasteiger partial charge in [0.2, 0.25) is 0 Å². The molecule has 0 bridgehead atoms. The highest BCUT2D eigenvalue weighted by Gasteiger charge is 2.19. The number of rotatable bonds is 4. The minimum Gasteiger partial charge on any atom is -0.347 e. The zero-order valence-corrected chi connectivity index (χ0v) is 12.7. The Hall–Kier alpha value is -1.81. The predicted octanol–water partition coefficient (Wildman–Crippen LogP) is 3.10. The van der Waals surface area contributed by atoms with Crippen LogP contribution >= 0.6 is 11.6 Å².